The molecule has 0 bridgehead atoms. The van der Waals surface area contributed by atoms with E-state index in [0.717, 1.165) is 16.0 Å². The Labute approximate surface area is 199 Å². The van der Waals surface area contributed by atoms with Crippen molar-refractivity contribution in [3.05, 3.63) is 107 Å². The third-order valence-corrected chi connectivity index (χ3v) is 6.19. The largest absolute Gasteiger partial charge is 0.371 e. The molecular formula is C28H29FN2O3. The first kappa shape index (κ1) is 23.8. The van der Waals surface area contributed by atoms with E-state index in [2.05, 4.69) is 5.32 Å². The van der Waals surface area contributed by atoms with Gasteiger partial charge in [-0.05, 0) is 37.1 Å². The van der Waals surface area contributed by atoms with E-state index in [1.807, 2.05) is 60.7 Å². The number of carbonyl (C=O) groups excluding carboxylic acids is 2. The average Bonchev–Trinajstić information content (AvgIpc) is 3.10. The number of imide groups is 1. The Morgan fingerprint density at radius 2 is 1.29 bits per heavy atom. The minimum Gasteiger partial charge on any atom is -0.371 e. The van der Waals surface area contributed by atoms with Crippen LogP contribution in [-0.4, -0.2) is 48.2 Å². The summed E-state index contributed by atoms with van der Waals surface area (Å²) in [5.41, 5.74) is 1.78. The fourth-order valence-electron chi connectivity index (χ4n) is 4.12. The van der Waals surface area contributed by atoms with Crippen molar-refractivity contribution < 1.29 is 18.7 Å². The van der Waals surface area contributed by atoms with E-state index in [0.29, 0.717) is 11.1 Å². The molecule has 176 valence electrons. The van der Waals surface area contributed by atoms with Gasteiger partial charge in [0.25, 0.3) is 11.8 Å². The first-order chi connectivity index (χ1) is 16.4. The molecule has 0 saturated carbocycles. The van der Waals surface area contributed by atoms with Crippen molar-refractivity contribution in [3.63, 3.8) is 0 Å². The van der Waals surface area contributed by atoms with Gasteiger partial charge in [0.15, 0.2) is 0 Å². The van der Waals surface area contributed by atoms with Crippen LogP contribution in [-0.2, 0) is 4.74 Å². The molecule has 2 amide bonds. The zero-order chi connectivity index (χ0) is 24.1. The van der Waals surface area contributed by atoms with E-state index in [1.54, 1.807) is 38.1 Å². The zero-order valence-electron chi connectivity index (χ0n) is 19.4. The molecule has 0 radical (unpaired) electrons. The molecular weight excluding hydrogens is 431 g/mol. The molecule has 1 atom stereocenters. The minimum atomic E-state index is -1.32. The quantitative estimate of drug-likeness (QED) is 0.442. The monoisotopic (exact) mass is 460 g/mol. The molecule has 1 unspecified atom stereocenters. The molecule has 1 aliphatic heterocycles. The summed E-state index contributed by atoms with van der Waals surface area (Å²) >= 11 is 0. The van der Waals surface area contributed by atoms with Crippen LogP contribution in [0.25, 0.3) is 0 Å². The second-order valence-electron chi connectivity index (χ2n) is 8.89. The summed E-state index contributed by atoms with van der Waals surface area (Å²) in [5, 5.41) is 3.34. The summed E-state index contributed by atoms with van der Waals surface area (Å²) in [7, 11) is 0. The van der Waals surface area contributed by atoms with Crippen LogP contribution in [0.15, 0.2) is 84.9 Å². The topological polar surface area (TPSA) is 58.6 Å². The van der Waals surface area contributed by atoms with Gasteiger partial charge in [0.2, 0.25) is 0 Å². The Bertz CT molecular complexity index is 1060. The molecule has 3 aromatic carbocycles. The molecule has 0 saturated heterocycles. The Morgan fingerprint density at radius 3 is 1.79 bits per heavy atom. The standard InChI is InChI=1S/C28H29FN2O3/c1-28(2,34-18-17-31-26(32)22-15-9-10-16-23(22)27(31)33)24(29)19-30-25(20-11-5-3-6-12-20)21-13-7-4-8-14-21/h3-16,24-25,30H,17-19H2,1-2H3. The maximum atomic E-state index is 15.3. The number of rotatable bonds is 10. The molecule has 1 aliphatic rings. The van der Waals surface area contributed by atoms with Gasteiger partial charge in [-0.1, -0.05) is 72.8 Å². The van der Waals surface area contributed by atoms with Crippen LogP contribution in [0.5, 0.6) is 0 Å². The number of ether oxygens (including phenoxy) is 1. The van der Waals surface area contributed by atoms with Gasteiger partial charge in [0.1, 0.15) is 6.17 Å². The van der Waals surface area contributed by atoms with E-state index in [4.69, 9.17) is 4.74 Å². The second kappa shape index (κ2) is 10.3. The van der Waals surface area contributed by atoms with Crippen molar-refractivity contribution in [2.24, 2.45) is 0 Å². The minimum absolute atomic E-state index is 0.0552. The van der Waals surface area contributed by atoms with Gasteiger partial charge in [0, 0.05) is 6.54 Å². The number of fused-ring (bicyclic) bond motifs is 1. The van der Waals surface area contributed by atoms with E-state index in [9.17, 15) is 9.59 Å². The number of alkyl halides is 1. The average molecular weight is 461 g/mol. The highest BCUT2D eigenvalue weighted by atomic mass is 19.1. The van der Waals surface area contributed by atoms with Crippen molar-refractivity contribution in [1.82, 2.24) is 10.2 Å². The number of benzene rings is 3. The maximum Gasteiger partial charge on any atom is 0.261 e. The van der Waals surface area contributed by atoms with Gasteiger partial charge >= 0.3 is 0 Å². The lowest BCUT2D eigenvalue weighted by Crippen LogP contribution is -2.45. The lowest BCUT2D eigenvalue weighted by Gasteiger charge is -2.31. The van der Waals surface area contributed by atoms with Crippen molar-refractivity contribution in [3.8, 4) is 0 Å². The summed E-state index contributed by atoms with van der Waals surface area (Å²) < 4.78 is 21.1. The summed E-state index contributed by atoms with van der Waals surface area (Å²) in [5.74, 6) is -0.678. The molecule has 1 heterocycles. The first-order valence-corrected chi connectivity index (χ1v) is 11.4. The molecule has 5 nitrogen and oxygen atoms in total. The van der Waals surface area contributed by atoms with Crippen LogP contribution < -0.4 is 5.32 Å². The Hall–Kier alpha value is -3.35. The number of nitrogens with zero attached hydrogens (tertiary/aromatic N) is 1. The summed E-state index contributed by atoms with van der Waals surface area (Å²) in [6, 6.07) is 26.4. The molecule has 34 heavy (non-hydrogen) atoms. The first-order valence-electron chi connectivity index (χ1n) is 11.4. The van der Waals surface area contributed by atoms with Gasteiger partial charge in [-0.15, -0.1) is 0 Å². The number of nitrogens with one attached hydrogen (secondary N) is 1. The van der Waals surface area contributed by atoms with Crippen LogP contribution in [0, 0.1) is 0 Å². The molecule has 1 N–H and O–H groups in total. The molecule has 0 fully saturated rings. The van der Waals surface area contributed by atoms with Crippen molar-refractivity contribution in [2.75, 3.05) is 19.7 Å². The molecule has 0 aromatic heterocycles. The molecule has 6 heteroatoms. The molecule has 0 aliphatic carbocycles. The third-order valence-electron chi connectivity index (χ3n) is 6.19. The Balaban J connectivity index is 1.34. The van der Waals surface area contributed by atoms with Crippen LogP contribution >= 0.6 is 0 Å². The number of halogens is 1. The van der Waals surface area contributed by atoms with Crippen molar-refractivity contribution >= 4 is 11.8 Å². The lowest BCUT2D eigenvalue weighted by atomic mass is 9.97. The third kappa shape index (κ3) is 5.08. The van der Waals surface area contributed by atoms with E-state index in [1.165, 1.54) is 0 Å². The molecule has 4 rings (SSSR count). The Kier molecular flexibility index (Phi) is 7.20. The molecule has 0 spiro atoms. The van der Waals surface area contributed by atoms with Crippen molar-refractivity contribution in [2.45, 2.75) is 31.7 Å². The lowest BCUT2D eigenvalue weighted by molar-refractivity contribution is -0.0726. The fraction of sp³-hybridized carbons (Fsp3) is 0.286. The van der Waals surface area contributed by atoms with Crippen LogP contribution in [0.4, 0.5) is 4.39 Å². The number of amides is 2. The number of carbonyl (C=O) groups is 2. The highest BCUT2D eigenvalue weighted by molar-refractivity contribution is 6.21. The van der Waals surface area contributed by atoms with Crippen LogP contribution in [0.1, 0.15) is 51.7 Å². The van der Waals surface area contributed by atoms with Gasteiger partial charge in [-0.2, -0.15) is 0 Å². The maximum absolute atomic E-state index is 15.3. The number of hydrogen-bond donors (Lipinski definition) is 1. The number of hydrogen-bond acceptors (Lipinski definition) is 4. The summed E-state index contributed by atoms with van der Waals surface area (Å²) in [4.78, 5) is 26.2. The van der Waals surface area contributed by atoms with E-state index < -0.39 is 11.8 Å². The van der Waals surface area contributed by atoms with Gasteiger partial charge in [0.05, 0.1) is 35.9 Å². The highest BCUT2D eigenvalue weighted by Gasteiger charge is 2.36. The van der Waals surface area contributed by atoms with Crippen LogP contribution in [0.2, 0.25) is 0 Å². The summed E-state index contributed by atoms with van der Waals surface area (Å²) in [6.45, 7) is 3.57. The van der Waals surface area contributed by atoms with Crippen molar-refractivity contribution in [1.29, 1.82) is 0 Å². The van der Waals surface area contributed by atoms with Crippen LogP contribution in [0.3, 0.4) is 0 Å². The Morgan fingerprint density at radius 1 is 0.824 bits per heavy atom. The SMILES string of the molecule is CC(C)(OCCN1C(=O)c2ccccc2C1=O)C(F)CNC(c1ccccc1)c1ccccc1. The van der Waals surface area contributed by atoms with E-state index >= 15 is 4.39 Å². The fourth-order valence-corrected chi connectivity index (χ4v) is 4.12. The van der Waals surface area contributed by atoms with E-state index in [-0.39, 0.29) is 37.6 Å². The predicted octanol–water partition coefficient (Wildman–Crippen LogP) is 4.80. The van der Waals surface area contributed by atoms with Gasteiger partial charge < -0.3 is 10.1 Å². The second-order valence-corrected chi connectivity index (χ2v) is 8.89. The normalized spacial score (nSPS) is 14.5. The van der Waals surface area contributed by atoms with Gasteiger partial charge in [-0.25, -0.2) is 4.39 Å². The van der Waals surface area contributed by atoms with Gasteiger partial charge in [-0.3, -0.25) is 14.5 Å². The molecule has 3 aromatic rings. The zero-order valence-corrected chi connectivity index (χ0v) is 19.4. The smallest absolute Gasteiger partial charge is 0.261 e. The predicted molar refractivity (Wildman–Crippen MR) is 129 cm³/mol. The summed E-state index contributed by atoms with van der Waals surface area (Å²) in [6.07, 6.45) is -1.32. The highest BCUT2D eigenvalue weighted by Crippen LogP contribution is 2.25.